The zero-order valence-electron chi connectivity index (χ0n) is 31.9. The number of hydrogen-bond donors (Lipinski definition) is 4. The standard InChI is InChI=1S/C44H52N8O4/c53-41(31-21-22-31)49-37(29-13-5-3-6-14-29)43(55)51-25-11-19-35(51)39-45-27-33(47-39)17-9-1-2-10-18-34-28-46-40(48-34)36-20-12-26-52(36)44(56)38(30-15-7-4-8-16-30)50-42(54)32-23-24-32/h3-9,13-17,27-28,31-32,35-38H,1-2,10-12,18-26H2,(H,45,47)(H,46,48)(H,49,53)(H,50,54)/b17-9+/t35-,36-,37-,38-/m1/s1. The molecule has 292 valence electrons. The number of aryl methyl sites for hydroxylation is 1. The predicted molar refractivity (Wildman–Crippen MR) is 211 cm³/mol. The van der Waals surface area contributed by atoms with Gasteiger partial charge in [-0.1, -0.05) is 66.7 Å². The molecule has 2 saturated carbocycles. The Morgan fingerprint density at radius 3 is 1.73 bits per heavy atom. The van der Waals surface area contributed by atoms with Crippen molar-refractivity contribution in [3.8, 4) is 0 Å². The van der Waals surface area contributed by atoms with Crippen LogP contribution in [0.1, 0.15) is 129 Å². The molecule has 12 nitrogen and oxygen atoms in total. The van der Waals surface area contributed by atoms with Crippen LogP contribution in [-0.4, -0.2) is 66.5 Å². The Morgan fingerprint density at radius 1 is 0.679 bits per heavy atom. The van der Waals surface area contributed by atoms with Crippen LogP contribution in [0, 0.1) is 11.8 Å². The highest BCUT2D eigenvalue weighted by atomic mass is 16.2. The van der Waals surface area contributed by atoms with Crippen LogP contribution in [0.4, 0.5) is 0 Å². The molecule has 4 atom stereocenters. The Labute approximate surface area is 328 Å². The molecule has 2 aromatic carbocycles. The number of aromatic amines is 2. The second-order valence-electron chi connectivity index (χ2n) is 15.8. The minimum absolute atomic E-state index is 0.0147. The smallest absolute Gasteiger partial charge is 0.250 e. The molecule has 0 bridgehead atoms. The molecule has 0 radical (unpaired) electrons. The molecule has 12 heteroatoms. The van der Waals surface area contributed by atoms with Crippen molar-refractivity contribution in [2.75, 3.05) is 13.1 Å². The van der Waals surface area contributed by atoms with E-state index >= 15 is 0 Å². The maximum absolute atomic E-state index is 14.0. The number of benzene rings is 2. The summed E-state index contributed by atoms with van der Waals surface area (Å²) in [5.74, 6) is 1.35. The maximum Gasteiger partial charge on any atom is 0.250 e. The van der Waals surface area contributed by atoms with E-state index in [0.29, 0.717) is 13.1 Å². The van der Waals surface area contributed by atoms with Gasteiger partial charge in [-0.25, -0.2) is 9.97 Å². The number of amides is 4. The van der Waals surface area contributed by atoms with Gasteiger partial charge >= 0.3 is 0 Å². The summed E-state index contributed by atoms with van der Waals surface area (Å²) < 4.78 is 0. The zero-order chi connectivity index (χ0) is 38.4. The minimum atomic E-state index is -0.709. The molecular formula is C44H52N8O4. The number of aromatic nitrogens is 4. The number of H-pyrrole nitrogens is 2. The number of nitrogens with zero attached hydrogens (tertiary/aromatic N) is 4. The summed E-state index contributed by atoms with van der Waals surface area (Å²) in [5, 5.41) is 6.08. The van der Waals surface area contributed by atoms with E-state index in [2.05, 4.69) is 37.7 Å². The number of carbonyl (C=O) groups excluding carboxylic acids is 4. The number of likely N-dealkylation sites (tertiary alicyclic amines) is 2. The lowest BCUT2D eigenvalue weighted by molar-refractivity contribution is -0.138. The molecule has 56 heavy (non-hydrogen) atoms. The van der Waals surface area contributed by atoms with Gasteiger partial charge in [0.2, 0.25) is 23.6 Å². The number of carbonyl (C=O) groups is 4. The van der Waals surface area contributed by atoms with E-state index in [-0.39, 0.29) is 47.5 Å². The van der Waals surface area contributed by atoms with Crippen molar-refractivity contribution in [1.82, 2.24) is 40.4 Å². The average Bonchev–Trinajstić information content (AvgIpc) is 4.00. The molecule has 4 aliphatic rings. The molecule has 4 fully saturated rings. The summed E-state index contributed by atoms with van der Waals surface area (Å²) in [6.07, 6.45) is 18.6. The fourth-order valence-electron chi connectivity index (χ4n) is 8.11. The molecule has 4 amide bonds. The van der Waals surface area contributed by atoms with Crippen LogP contribution in [0.25, 0.3) is 6.08 Å². The van der Waals surface area contributed by atoms with E-state index < -0.39 is 12.1 Å². The van der Waals surface area contributed by atoms with E-state index in [1.54, 1.807) is 0 Å². The van der Waals surface area contributed by atoms with Crippen molar-refractivity contribution >= 4 is 29.7 Å². The third-order valence-electron chi connectivity index (χ3n) is 11.6. The van der Waals surface area contributed by atoms with E-state index in [4.69, 9.17) is 4.98 Å². The number of hydrogen-bond acceptors (Lipinski definition) is 6. The highest BCUT2D eigenvalue weighted by Gasteiger charge is 2.40. The third kappa shape index (κ3) is 8.79. The van der Waals surface area contributed by atoms with Gasteiger partial charge in [0.1, 0.15) is 23.7 Å². The van der Waals surface area contributed by atoms with Gasteiger partial charge < -0.3 is 30.4 Å². The molecule has 0 unspecified atom stereocenters. The first-order chi connectivity index (χ1) is 27.4. The Balaban J connectivity index is 0.819. The van der Waals surface area contributed by atoms with E-state index in [9.17, 15) is 19.2 Å². The molecular weight excluding hydrogens is 705 g/mol. The molecule has 2 aliphatic heterocycles. The molecule has 4 N–H and O–H groups in total. The monoisotopic (exact) mass is 756 g/mol. The van der Waals surface area contributed by atoms with Crippen LogP contribution >= 0.6 is 0 Å². The number of imidazole rings is 2. The van der Waals surface area contributed by atoms with Crippen molar-refractivity contribution in [2.45, 2.75) is 101 Å². The number of allylic oxidation sites excluding steroid dienone is 1. The van der Waals surface area contributed by atoms with Crippen LogP contribution in [-0.2, 0) is 25.6 Å². The molecule has 4 aromatic rings. The summed E-state index contributed by atoms with van der Waals surface area (Å²) in [4.78, 5) is 73.5. The normalized spacial score (nSPS) is 20.6. The lowest BCUT2D eigenvalue weighted by Crippen LogP contribution is -2.43. The summed E-state index contributed by atoms with van der Waals surface area (Å²) in [6, 6.07) is 17.3. The Hall–Kier alpha value is -5.52. The predicted octanol–water partition coefficient (Wildman–Crippen LogP) is 6.42. The Morgan fingerprint density at radius 2 is 1.20 bits per heavy atom. The second-order valence-corrected chi connectivity index (χ2v) is 15.8. The van der Waals surface area contributed by atoms with Gasteiger partial charge in [-0.2, -0.15) is 0 Å². The molecule has 2 saturated heterocycles. The van der Waals surface area contributed by atoms with E-state index in [1.807, 2.05) is 82.9 Å². The number of nitrogens with one attached hydrogen (secondary N) is 4. The quantitative estimate of drug-likeness (QED) is 0.0968. The van der Waals surface area contributed by atoms with E-state index in [0.717, 1.165) is 111 Å². The Kier molecular flexibility index (Phi) is 11.4. The van der Waals surface area contributed by atoms with Gasteiger partial charge in [0.15, 0.2) is 0 Å². The van der Waals surface area contributed by atoms with Crippen LogP contribution in [0.5, 0.6) is 0 Å². The van der Waals surface area contributed by atoms with Gasteiger partial charge in [0.25, 0.3) is 0 Å². The lowest BCUT2D eigenvalue weighted by atomic mass is 10.0. The first-order valence-corrected chi connectivity index (χ1v) is 20.5. The van der Waals surface area contributed by atoms with Crippen LogP contribution in [0.15, 0.2) is 79.1 Å². The summed E-state index contributed by atoms with van der Waals surface area (Å²) in [5.41, 5.74) is 3.55. The van der Waals surface area contributed by atoms with E-state index in [1.165, 1.54) is 0 Å². The number of unbranched alkanes of at least 4 members (excludes halogenated alkanes) is 2. The highest BCUT2D eigenvalue weighted by molar-refractivity contribution is 5.91. The number of rotatable bonds is 16. The summed E-state index contributed by atoms with van der Waals surface area (Å²) in [7, 11) is 0. The fourth-order valence-corrected chi connectivity index (χ4v) is 8.11. The summed E-state index contributed by atoms with van der Waals surface area (Å²) in [6.45, 7) is 1.26. The largest absolute Gasteiger partial charge is 0.344 e. The van der Waals surface area contributed by atoms with Crippen LogP contribution in [0.2, 0.25) is 0 Å². The lowest BCUT2D eigenvalue weighted by Gasteiger charge is -2.28. The molecule has 4 heterocycles. The van der Waals surface area contributed by atoms with Gasteiger partial charge in [-0.3, -0.25) is 19.2 Å². The zero-order valence-corrected chi connectivity index (χ0v) is 31.9. The SMILES string of the molecule is O=C(N[C@@H](C(=O)N1CCC[C@@H]1c1ncc(/C=C/CCCCc2cnc([C@H]3CCCN3C(=O)[C@H](NC(=O)C3CC3)c3ccccc3)[nH]2)[nH]1)c1ccccc1)C1CC1. The van der Waals surface area contributed by atoms with Crippen LogP contribution in [0.3, 0.4) is 0 Å². The Bertz CT molecular complexity index is 2020. The van der Waals surface area contributed by atoms with Gasteiger partial charge in [0, 0.05) is 36.8 Å². The molecule has 0 spiro atoms. The first-order valence-electron chi connectivity index (χ1n) is 20.5. The summed E-state index contributed by atoms with van der Waals surface area (Å²) >= 11 is 0. The van der Waals surface area contributed by atoms with Gasteiger partial charge in [-0.05, 0) is 94.3 Å². The van der Waals surface area contributed by atoms with Crippen molar-refractivity contribution in [3.05, 3.63) is 113 Å². The topological polar surface area (TPSA) is 156 Å². The maximum atomic E-state index is 14.0. The van der Waals surface area contributed by atoms with Crippen molar-refractivity contribution in [3.63, 3.8) is 0 Å². The molecule has 8 rings (SSSR count). The van der Waals surface area contributed by atoms with Gasteiger partial charge in [-0.15, -0.1) is 0 Å². The third-order valence-corrected chi connectivity index (χ3v) is 11.6. The first kappa shape index (κ1) is 37.4. The fraction of sp³-hybridized carbons (Fsp3) is 0.455. The van der Waals surface area contributed by atoms with Crippen molar-refractivity contribution < 1.29 is 19.2 Å². The average molecular weight is 757 g/mol. The highest BCUT2D eigenvalue weighted by Crippen LogP contribution is 2.36. The second kappa shape index (κ2) is 17.1. The van der Waals surface area contributed by atoms with Crippen molar-refractivity contribution in [2.24, 2.45) is 11.8 Å². The molecule has 2 aromatic heterocycles. The minimum Gasteiger partial charge on any atom is -0.344 e. The van der Waals surface area contributed by atoms with Crippen molar-refractivity contribution in [1.29, 1.82) is 0 Å². The molecule has 2 aliphatic carbocycles. The van der Waals surface area contributed by atoms with Gasteiger partial charge in [0.05, 0.1) is 24.0 Å². The van der Waals surface area contributed by atoms with Crippen LogP contribution < -0.4 is 10.6 Å².